The van der Waals surface area contributed by atoms with E-state index >= 15 is 0 Å². The summed E-state index contributed by atoms with van der Waals surface area (Å²) in [5.41, 5.74) is 10.4. The van der Waals surface area contributed by atoms with Crippen LogP contribution in [0.3, 0.4) is 0 Å². The van der Waals surface area contributed by atoms with Crippen molar-refractivity contribution < 1.29 is 9.59 Å². The molecule has 1 aliphatic carbocycles. The highest BCUT2D eigenvalue weighted by molar-refractivity contribution is 7.19. The molecule has 1 amide bonds. The molecule has 0 unspecified atom stereocenters. The normalized spacial score (nSPS) is 13.2. The molecule has 0 saturated heterocycles. The summed E-state index contributed by atoms with van der Waals surface area (Å²) in [6.07, 6.45) is 1.93. The number of thiophene rings is 1. The molecule has 1 saturated carbocycles. The molecule has 4 N–H and O–H groups in total. The number of ketones is 1. The van der Waals surface area contributed by atoms with Crippen LogP contribution in [-0.2, 0) is 0 Å². The van der Waals surface area contributed by atoms with Crippen LogP contribution in [0.25, 0.3) is 0 Å². The van der Waals surface area contributed by atoms with Gasteiger partial charge in [-0.15, -0.1) is 11.3 Å². The molecule has 3 aromatic rings. The molecule has 0 aliphatic heterocycles. The van der Waals surface area contributed by atoms with Crippen molar-refractivity contribution in [2.45, 2.75) is 32.7 Å². The Labute approximate surface area is 184 Å². The highest BCUT2D eigenvalue weighted by Gasteiger charge is 2.30. The van der Waals surface area contributed by atoms with Crippen molar-refractivity contribution in [3.8, 4) is 0 Å². The number of para-hydroxylation sites is 1. The molecule has 0 radical (unpaired) electrons. The number of halogens is 1. The molecule has 154 valence electrons. The number of hydrogen-bond donors (Lipinski definition) is 3. The molecular formula is C23H22ClN3O2S. The summed E-state index contributed by atoms with van der Waals surface area (Å²) in [5.74, 6) is -0.487. The molecule has 7 heteroatoms. The van der Waals surface area contributed by atoms with Crippen LogP contribution < -0.4 is 16.4 Å². The van der Waals surface area contributed by atoms with Gasteiger partial charge in [0.25, 0.3) is 5.91 Å². The van der Waals surface area contributed by atoms with E-state index in [9.17, 15) is 9.59 Å². The quantitative estimate of drug-likeness (QED) is 0.445. The maximum Gasteiger partial charge on any atom is 0.256 e. The smallest absolute Gasteiger partial charge is 0.256 e. The lowest BCUT2D eigenvalue weighted by molar-refractivity contribution is 0.0953. The molecule has 0 spiro atoms. The molecule has 2 aromatic carbocycles. The van der Waals surface area contributed by atoms with E-state index in [1.165, 1.54) is 11.3 Å². The standard InChI is InChI=1S/C23H22ClN3O2S/c1-12-4-3-5-13(2)19(12)27-23-17(22(29)26-16-10-11-16)18(25)21(30-23)20(28)14-6-8-15(24)9-7-14/h3-9,16,27H,10-11,25H2,1-2H3,(H,26,29). The first-order valence-corrected chi connectivity index (χ1v) is 10.9. The first-order chi connectivity index (χ1) is 14.3. The van der Waals surface area contributed by atoms with E-state index < -0.39 is 0 Å². The van der Waals surface area contributed by atoms with Gasteiger partial charge in [0.15, 0.2) is 0 Å². The Morgan fingerprint density at radius 3 is 2.30 bits per heavy atom. The van der Waals surface area contributed by atoms with Crippen LogP contribution in [0.4, 0.5) is 16.4 Å². The lowest BCUT2D eigenvalue weighted by atomic mass is 10.1. The summed E-state index contributed by atoms with van der Waals surface area (Å²) in [4.78, 5) is 26.4. The molecule has 1 heterocycles. The van der Waals surface area contributed by atoms with Crippen molar-refractivity contribution >= 4 is 51.0 Å². The zero-order valence-electron chi connectivity index (χ0n) is 16.7. The second-order valence-electron chi connectivity index (χ2n) is 7.52. The van der Waals surface area contributed by atoms with Crippen molar-refractivity contribution in [3.63, 3.8) is 0 Å². The van der Waals surface area contributed by atoms with Crippen molar-refractivity contribution in [1.29, 1.82) is 0 Å². The average Bonchev–Trinajstić information content (AvgIpc) is 3.46. The van der Waals surface area contributed by atoms with Gasteiger partial charge in [0.2, 0.25) is 5.78 Å². The number of carbonyl (C=O) groups is 2. The van der Waals surface area contributed by atoms with Gasteiger partial charge >= 0.3 is 0 Å². The number of amides is 1. The third-order valence-electron chi connectivity index (χ3n) is 5.12. The Bertz CT molecular complexity index is 1110. The monoisotopic (exact) mass is 439 g/mol. The number of nitrogens with two attached hydrogens (primary N) is 1. The number of anilines is 3. The SMILES string of the molecule is Cc1cccc(C)c1Nc1sc(C(=O)c2ccc(Cl)cc2)c(N)c1C(=O)NC1CC1. The highest BCUT2D eigenvalue weighted by Crippen LogP contribution is 2.40. The number of nitrogens with one attached hydrogen (secondary N) is 2. The van der Waals surface area contributed by atoms with Crippen LogP contribution in [-0.4, -0.2) is 17.7 Å². The minimum Gasteiger partial charge on any atom is -0.397 e. The van der Waals surface area contributed by atoms with Crippen molar-refractivity contribution in [2.75, 3.05) is 11.1 Å². The second kappa shape index (κ2) is 8.13. The van der Waals surface area contributed by atoms with Gasteiger partial charge in [0, 0.05) is 22.3 Å². The number of hydrogen-bond acceptors (Lipinski definition) is 5. The topological polar surface area (TPSA) is 84.2 Å². The Morgan fingerprint density at radius 1 is 1.07 bits per heavy atom. The summed E-state index contributed by atoms with van der Waals surface area (Å²) >= 11 is 7.14. The number of aryl methyl sites for hydroxylation is 2. The van der Waals surface area contributed by atoms with Gasteiger partial charge in [-0.2, -0.15) is 0 Å². The Hall–Kier alpha value is -2.83. The van der Waals surface area contributed by atoms with Crippen molar-refractivity contribution in [3.05, 3.63) is 74.6 Å². The molecular weight excluding hydrogens is 418 g/mol. The van der Waals surface area contributed by atoms with Crippen molar-refractivity contribution in [2.24, 2.45) is 0 Å². The van der Waals surface area contributed by atoms with E-state index in [-0.39, 0.29) is 23.4 Å². The van der Waals surface area contributed by atoms with Gasteiger partial charge in [0.1, 0.15) is 9.88 Å². The number of carbonyl (C=O) groups excluding carboxylic acids is 2. The summed E-state index contributed by atoms with van der Waals surface area (Å²) in [6.45, 7) is 3.99. The molecule has 0 bridgehead atoms. The predicted molar refractivity (Wildman–Crippen MR) is 123 cm³/mol. The van der Waals surface area contributed by atoms with E-state index in [1.807, 2.05) is 32.0 Å². The molecule has 4 rings (SSSR count). The van der Waals surface area contributed by atoms with E-state index in [0.29, 0.717) is 26.0 Å². The van der Waals surface area contributed by atoms with Crippen LogP contribution in [0.5, 0.6) is 0 Å². The average molecular weight is 440 g/mol. The van der Waals surface area contributed by atoms with E-state index in [4.69, 9.17) is 17.3 Å². The Balaban J connectivity index is 1.77. The van der Waals surface area contributed by atoms with Crippen LogP contribution in [0.2, 0.25) is 5.02 Å². The van der Waals surface area contributed by atoms with E-state index in [2.05, 4.69) is 10.6 Å². The van der Waals surface area contributed by atoms with Crippen LogP contribution in [0, 0.1) is 13.8 Å². The van der Waals surface area contributed by atoms with Gasteiger partial charge in [-0.05, 0) is 62.1 Å². The number of benzene rings is 2. The molecule has 5 nitrogen and oxygen atoms in total. The van der Waals surface area contributed by atoms with Crippen molar-refractivity contribution in [1.82, 2.24) is 5.32 Å². The highest BCUT2D eigenvalue weighted by atomic mass is 35.5. The minimum atomic E-state index is -0.254. The first-order valence-electron chi connectivity index (χ1n) is 9.71. The molecule has 1 aromatic heterocycles. The fourth-order valence-electron chi connectivity index (χ4n) is 3.27. The molecule has 30 heavy (non-hydrogen) atoms. The van der Waals surface area contributed by atoms with Crippen LogP contribution >= 0.6 is 22.9 Å². The molecule has 0 atom stereocenters. The minimum absolute atomic E-state index is 0.181. The second-order valence-corrected chi connectivity index (χ2v) is 8.98. The zero-order chi connectivity index (χ0) is 21.4. The Morgan fingerprint density at radius 2 is 1.70 bits per heavy atom. The van der Waals surface area contributed by atoms with E-state index in [0.717, 1.165) is 29.7 Å². The fraction of sp³-hybridized carbons (Fsp3) is 0.217. The lowest BCUT2D eigenvalue weighted by Crippen LogP contribution is -2.26. The van der Waals surface area contributed by atoms with E-state index in [1.54, 1.807) is 24.3 Å². The summed E-state index contributed by atoms with van der Waals surface area (Å²) < 4.78 is 0. The zero-order valence-corrected chi connectivity index (χ0v) is 18.3. The first kappa shape index (κ1) is 20.4. The lowest BCUT2D eigenvalue weighted by Gasteiger charge is -2.13. The summed E-state index contributed by atoms with van der Waals surface area (Å²) in [6, 6.07) is 12.8. The van der Waals surface area contributed by atoms with Gasteiger partial charge in [-0.25, -0.2) is 0 Å². The maximum absolute atomic E-state index is 13.1. The number of nitrogen functional groups attached to an aromatic ring is 1. The van der Waals surface area contributed by atoms with Gasteiger partial charge < -0.3 is 16.4 Å². The van der Waals surface area contributed by atoms with Crippen LogP contribution in [0.1, 0.15) is 49.6 Å². The largest absolute Gasteiger partial charge is 0.397 e. The molecule has 1 aliphatic rings. The third kappa shape index (κ3) is 4.06. The fourth-order valence-corrected chi connectivity index (χ4v) is 4.48. The summed E-state index contributed by atoms with van der Waals surface area (Å²) in [7, 11) is 0. The number of rotatable bonds is 6. The van der Waals surface area contributed by atoms with Gasteiger partial charge in [-0.3, -0.25) is 9.59 Å². The predicted octanol–water partition coefficient (Wildman–Crippen LogP) is 5.47. The van der Waals surface area contributed by atoms with Gasteiger partial charge in [-0.1, -0.05) is 29.8 Å². The maximum atomic E-state index is 13.1. The van der Waals surface area contributed by atoms with Gasteiger partial charge in [0.05, 0.1) is 11.3 Å². The molecule has 1 fully saturated rings. The Kier molecular flexibility index (Phi) is 5.54. The van der Waals surface area contributed by atoms with Crippen LogP contribution in [0.15, 0.2) is 42.5 Å². The summed E-state index contributed by atoms with van der Waals surface area (Å²) in [5, 5.41) is 7.47. The third-order valence-corrected chi connectivity index (χ3v) is 6.49.